The van der Waals surface area contributed by atoms with Crippen molar-refractivity contribution in [2.75, 3.05) is 24.2 Å². The van der Waals surface area contributed by atoms with Crippen LogP contribution in [0.2, 0.25) is 5.02 Å². The highest BCUT2D eigenvalue weighted by Gasteiger charge is 2.28. The van der Waals surface area contributed by atoms with Crippen LogP contribution in [-0.4, -0.2) is 40.5 Å². The fraction of sp³-hybridized carbons (Fsp3) is 0.350. The summed E-state index contributed by atoms with van der Waals surface area (Å²) in [5, 5.41) is 3.55. The van der Waals surface area contributed by atoms with Crippen LogP contribution in [0.3, 0.4) is 0 Å². The highest BCUT2D eigenvalue weighted by molar-refractivity contribution is 8.00. The van der Waals surface area contributed by atoms with Crippen molar-refractivity contribution in [2.24, 2.45) is 5.92 Å². The molecule has 1 unspecified atom stereocenters. The third kappa shape index (κ3) is 5.71. The molecule has 142 valence electrons. The van der Waals surface area contributed by atoms with Crippen LogP contribution in [0.1, 0.15) is 18.5 Å². The number of hydrogen-bond donors (Lipinski definition) is 1. The Morgan fingerprint density at radius 3 is 2.78 bits per heavy atom. The van der Waals surface area contributed by atoms with Gasteiger partial charge in [0, 0.05) is 28.7 Å². The van der Waals surface area contributed by atoms with Crippen molar-refractivity contribution in [3.05, 3.63) is 53.2 Å². The van der Waals surface area contributed by atoms with Gasteiger partial charge in [-0.25, -0.2) is 4.98 Å². The Labute approximate surface area is 168 Å². The molecule has 27 heavy (non-hydrogen) atoms. The second-order valence-corrected chi connectivity index (χ2v) is 8.06. The van der Waals surface area contributed by atoms with Crippen LogP contribution in [-0.2, 0) is 9.59 Å². The van der Waals surface area contributed by atoms with Gasteiger partial charge in [0.1, 0.15) is 5.82 Å². The number of aromatic nitrogens is 1. The van der Waals surface area contributed by atoms with E-state index in [4.69, 9.17) is 11.6 Å². The quantitative estimate of drug-likeness (QED) is 0.766. The number of carbonyl (C=O) groups is 2. The Balaban J connectivity index is 1.52. The first-order valence-electron chi connectivity index (χ1n) is 8.92. The van der Waals surface area contributed by atoms with Crippen molar-refractivity contribution < 1.29 is 9.59 Å². The van der Waals surface area contributed by atoms with E-state index in [0.29, 0.717) is 29.7 Å². The van der Waals surface area contributed by atoms with Gasteiger partial charge >= 0.3 is 0 Å². The predicted octanol–water partition coefficient (Wildman–Crippen LogP) is 4.01. The molecule has 1 aromatic heterocycles. The summed E-state index contributed by atoms with van der Waals surface area (Å²) in [6.07, 6.45) is 1.61. The Morgan fingerprint density at radius 1 is 1.26 bits per heavy atom. The summed E-state index contributed by atoms with van der Waals surface area (Å²) in [5.41, 5.74) is 0.854. The second-order valence-electron chi connectivity index (χ2n) is 6.57. The van der Waals surface area contributed by atoms with E-state index in [1.807, 2.05) is 43.3 Å². The van der Waals surface area contributed by atoms with E-state index in [1.165, 1.54) is 11.8 Å². The third-order valence-corrected chi connectivity index (χ3v) is 5.71. The van der Waals surface area contributed by atoms with E-state index in [2.05, 4.69) is 10.3 Å². The van der Waals surface area contributed by atoms with Crippen LogP contribution in [0.4, 0.5) is 5.82 Å². The van der Waals surface area contributed by atoms with Gasteiger partial charge in [0.2, 0.25) is 11.8 Å². The summed E-state index contributed by atoms with van der Waals surface area (Å²) in [7, 11) is 0. The van der Waals surface area contributed by atoms with Gasteiger partial charge in [-0.15, -0.1) is 11.8 Å². The number of benzene rings is 1. The number of likely N-dealkylation sites (tertiary alicyclic amines) is 1. The van der Waals surface area contributed by atoms with Crippen LogP contribution in [0.5, 0.6) is 0 Å². The monoisotopic (exact) mass is 403 g/mol. The number of rotatable bonds is 5. The van der Waals surface area contributed by atoms with Crippen LogP contribution in [0, 0.1) is 12.8 Å². The Bertz CT molecular complexity index is 813. The summed E-state index contributed by atoms with van der Waals surface area (Å²) < 4.78 is 0. The van der Waals surface area contributed by atoms with Gasteiger partial charge in [-0.1, -0.05) is 17.7 Å². The number of aryl methyl sites for hydroxylation is 1. The number of nitrogens with one attached hydrogen (secondary N) is 1. The number of halogens is 1. The van der Waals surface area contributed by atoms with E-state index in [1.54, 1.807) is 11.0 Å². The van der Waals surface area contributed by atoms with Crippen molar-refractivity contribution in [2.45, 2.75) is 24.7 Å². The Morgan fingerprint density at radius 2 is 2.04 bits per heavy atom. The van der Waals surface area contributed by atoms with E-state index in [9.17, 15) is 9.59 Å². The molecule has 3 rings (SSSR count). The van der Waals surface area contributed by atoms with Crippen molar-refractivity contribution in [1.82, 2.24) is 9.88 Å². The van der Waals surface area contributed by atoms with Gasteiger partial charge in [0.25, 0.3) is 0 Å². The summed E-state index contributed by atoms with van der Waals surface area (Å²) in [6, 6.07) is 13.0. The van der Waals surface area contributed by atoms with Crippen LogP contribution >= 0.6 is 23.4 Å². The fourth-order valence-electron chi connectivity index (χ4n) is 3.03. The first kappa shape index (κ1) is 19.7. The predicted molar refractivity (Wildman–Crippen MR) is 109 cm³/mol. The van der Waals surface area contributed by atoms with Gasteiger partial charge in [-0.3, -0.25) is 9.59 Å². The lowest BCUT2D eigenvalue weighted by Gasteiger charge is -2.32. The molecule has 7 heteroatoms. The maximum atomic E-state index is 12.6. The number of carbonyl (C=O) groups excluding carboxylic acids is 2. The molecular weight excluding hydrogens is 382 g/mol. The molecule has 0 radical (unpaired) electrons. The lowest BCUT2D eigenvalue weighted by Crippen LogP contribution is -2.44. The molecular formula is C20H22ClN3O2S. The molecule has 0 saturated carbocycles. The van der Waals surface area contributed by atoms with Crippen molar-refractivity contribution in [3.8, 4) is 0 Å². The SMILES string of the molecule is Cc1cccc(NC(=O)C2CCCN(C(=O)CSc3ccc(Cl)cc3)C2)n1. The highest BCUT2D eigenvalue weighted by atomic mass is 35.5. The van der Waals surface area contributed by atoms with E-state index in [-0.39, 0.29) is 17.7 Å². The smallest absolute Gasteiger partial charge is 0.232 e. The number of pyridine rings is 1. The van der Waals surface area contributed by atoms with Gasteiger partial charge in [0.05, 0.1) is 11.7 Å². The first-order chi connectivity index (χ1) is 13.0. The van der Waals surface area contributed by atoms with E-state index in [0.717, 1.165) is 23.4 Å². The number of anilines is 1. The number of thioether (sulfide) groups is 1. The maximum Gasteiger partial charge on any atom is 0.232 e. The molecule has 1 atom stereocenters. The molecule has 1 aromatic carbocycles. The average Bonchev–Trinajstić information content (AvgIpc) is 2.67. The minimum Gasteiger partial charge on any atom is -0.341 e. The van der Waals surface area contributed by atoms with Crippen molar-refractivity contribution in [3.63, 3.8) is 0 Å². The van der Waals surface area contributed by atoms with Crippen LogP contribution < -0.4 is 5.32 Å². The highest BCUT2D eigenvalue weighted by Crippen LogP contribution is 2.23. The molecule has 1 aliphatic heterocycles. The van der Waals surface area contributed by atoms with E-state index >= 15 is 0 Å². The normalized spacial score (nSPS) is 16.8. The van der Waals surface area contributed by atoms with E-state index < -0.39 is 0 Å². The molecule has 5 nitrogen and oxygen atoms in total. The standard InChI is InChI=1S/C20H22ClN3O2S/c1-14-4-2-6-18(22-14)23-20(26)15-5-3-11-24(12-15)19(25)13-27-17-9-7-16(21)8-10-17/h2,4,6-10,15H,3,5,11-13H2,1H3,(H,22,23,26). The second kappa shape index (κ2) is 9.24. The number of piperidine rings is 1. The minimum atomic E-state index is -0.203. The summed E-state index contributed by atoms with van der Waals surface area (Å²) in [6.45, 7) is 3.04. The molecule has 1 aliphatic rings. The largest absolute Gasteiger partial charge is 0.341 e. The zero-order valence-corrected chi connectivity index (χ0v) is 16.7. The molecule has 1 fully saturated rings. The number of amides is 2. The van der Waals surface area contributed by atoms with Crippen molar-refractivity contribution >= 4 is 41.0 Å². The Kier molecular flexibility index (Phi) is 6.74. The number of nitrogens with zero attached hydrogens (tertiary/aromatic N) is 2. The first-order valence-corrected chi connectivity index (χ1v) is 10.3. The molecule has 0 bridgehead atoms. The molecule has 1 N–H and O–H groups in total. The molecule has 0 aliphatic carbocycles. The zero-order valence-electron chi connectivity index (χ0n) is 15.2. The molecule has 2 aromatic rings. The van der Waals surface area contributed by atoms with Gasteiger partial charge < -0.3 is 10.2 Å². The third-order valence-electron chi connectivity index (χ3n) is 4.46. The van der Waals surface area contributed by atoms with Gasteiger partial charge in [-0.05, 0) is 56.2 Å². The lowest BCUT2D eigenvalue weighted by atomic mass is 9.97. The van der Waals surface area contributed by atoms with Gasteiger partial charge in [-0.2, -0.15) is 0 Å². The minimum absolute atomic E-state index is 0.0566. The van der Waals surface area contributed by atoms with Gasteiger partial charge in [0.15, 0.2) is 0 Å². The van der Waals surface area contributed by atoms with Crippen molar-refractivity contribution in [1.29, 1.82) is 0 Å². The molecule has 2 amide bonds. The number of hydrogen-bond acceptors (Lipinski definition) is 4. The summed E-state index contributed by atoms with van der Waals surface area (Å²) in [5.74, 6) is 0.694. The summed E-state index contributed by atoms with van der Waals surface area (Å²) >= 11 is 7.37. The summed E-state index contributed by atoms with van der Waals surface area (Å²) in [4.78, 5) is 32.2. The topological polar surface area (TPSA) is 62.3 Å². The lowest BCUT2D eigenvalue weighted by molar-refractivity contribution is -0.132. The molecule has 0 spiro atoms. The average molecular weight is 404 g/mol. The fourth-order valence-corrected chi connectivity index (χ4v) is 3.95. The molecule has 2 heterocycles. The Hall–Kier alpha value is -2.05. The zero-order chi connectivity index (χ0) is 19.2. The molecule has 1 saturated heterocycles. The maximum absolute atomic E-state index is 12.6. The van der Waals surface area contributed by atoms with Crippen LogP contribution in [0.25, 0.3) is 0 Å². The van der Waals surface area contributed by atoms with Crippen LogP contribution in [0.15, 0.2) is 47.4 Å².